The van der Waals surface area contributed by atoms with Crippen molar-refractivity contribution >= 4 is 5.91 Å². The van der Waals surface area contributed by atoms with Crippen molar-refractivity contribution in [2.24, 2.45) is 5.41 Å². The van der Waals surface area contributed by atoms with E-state index >= 15 is 0 Å². The third-order valence-electron chi connectivity index (χ3n) is 4.26. The average Bonchev–Trinajstić information content (AvgIpc) is 2.86. The molecule has 1 saturated heterocycles. The van der Waals surface area contributed by atoms with Crippen molar-refractivity contribution < 1.29 is 4.79 Å². The second-order valence-electron chi connectivity index (χ2n) is 5.82. The molecular weight excluding hydrogens is 238 g/mol. The molecule has 0 radical (unpaired) electrons. The lowest BCUT2D eigenvalue weighted by atomic mass is 9.81. The molecular formula is C15H31N3O. The number of hydrogen-bond acceptors (Lipinski definition) is 3. The number of carbonyl (C=O) groups is 1. The van der Waals surface area contributed by atoms with E-state index in [1.54, 1.807) is 0 Å². The van der Waals surface area contributed by atoms with Gasteiger partial charge in [-0.2, -0.15) is 0 Å². The van der Waals surface area contributed by atoms with Gasteiger partial charge in [0.1, 0.15) is 0 Å². The van der Waals surface area contributed by atoms with E-state index in [1.165, 1.54) is 0 Å². The van der Waals surface area contributed by atoms with Gasteiger partial charge in [0.2, 0.25) is 5.91 Å². The lowest BCUT2D eigenvalue weighted by Gasteiger charge is -2.30. The molecule has 0 aromatic carbocycles. The van der Waals surface area contributed by atoms with Crippen molar-refractivity contribution in [1.29, 1.82) is 0 Å². The molecule has 0 aliphatic carbocycles. The third-order valence-corrected chi connectivity index (χ3v) is 4.26. The molecule has 1 aliphatic rings. The Morgan fingerprint density at radius 3 is 2.53 bits per heavy atom. The molecule has 1 fully saturated rings. The Labute approximate surface area is 118 Å². The Kier molecular flexibility index (Phi) is 6.80. The van der Waals surface area contributed by atoms with Crippen LogP contribution in [0.4, 0.5) is 0 Å². The van der Waals surface area contributed by atoms with Crippen LogP contribution in [0.3, 0.4) is 0 Å². The predicted octanol–water partition coefficient (Wildman–Crippen LogP) is 1.61. The van der Waals surface area contributed by atoms with Crippen molar-refractivity contribution in [1.82, 2.24) is 15.5 Å². The van der Waals surface area contributed by atoms with Crippen molar-refractivity contribution in [2.75, 3.05) is 32.7 Å². The van der Waals surface area contributed by atoms with Crippen LogP contribution in [-0.4, -0.2) is 49.6 Å². The molecule has 1 heterocycles. The van der Waals surface area contributed by atoms with E-state index in [0.717, 1.165) is 52.0 Å². The second kappa shape index (κ2) is 7.85. The summed E-state index contributed by atoms with van der Waals surface area (Å²) in [7, 11) is 0. The maximum Gasteiger partial charge on any atom is 0.227 e. The molecule has 1 aliphatic heterocycles. The lowest BCUT2D eigenvalue weighted by molar-refractivity contribution is -0.131. The molecule has 1 rings (SSSR count). The summed E-state index contributed by atoms with van der Waals surface area (Å²) in [6.07, 6.45) is 3.04. The van der Waals surface area contributed by atoms with E-state index in [2.05, 4.69) is 43.2 Å². The fraction of sp³-hybridized carbons (Fsp3) is 0.933. The van der Waals surface area contributed by atoms with Crippen molar-refractivity contribution in [3.05, 3.63) is 0 Å². The highest BCUT2D eigenvalue weighted by molar-refractivity contribution is 5.83. The molecule has 0 aromatic heterocycles. The van der Waals surface area contributed by atoms with Crippen molar-refractivity contribution in [3.8, 4) is 0 Å². The lowest BCUT2D eigenvalue weighted by Crippen LogP contribution is -2.49. The molecule has 0 spiro atoms. The molecule has 4 nitrogen and oxygen atoms in total. The van der Waals surface area contributed by atoms with Crippen LogP contribution in [0.5, 0.6) is 0 Å². The zero-order chi connectivity index (χ0) is 14.3. The van der Waals surface area contributed by atoms with Gasteiger partial charge in [0.15, 0.2) is 0 Å². The number of nitrogens with zero attached hydrogens (tertiary/aromatic N) is 1. The first-order valence-corrected chi connectivity index (χ1v) is 7.82. The summed E-state index contributed by atoms with van der Waals surface area (Å²) in [4.78, 5) is 14.9. The zero-order valence-corrected chi connectivity index (χ0v) is 13.1. The highest BCUT2D eigenvalue weighted by Crippen LogP contribution is 2.31. The number of likely N-dealkylation sites (N-methyl/N-ethyl adjacent to an activating group) is 1. The summed E-state index contributed by atoms with van der Waals surface area (Å²) in [5.41, 5.74) is -0.160. The molecule has 0 saturated carbocycles. The fourth-order valence-electron chi connectivity index (χ4n) is 3.03. The topological polar surface area (TPSA) is 44.4 Å². The Morgan fingerprint density at radius 2 is 2.05 bits per heavy atom. The first-order chi connectivity index (χ1) is 9.07. The van der Waals surface area contributed by atoms with Gasteiger partial charge in [-0.15, -0.1) is 0 Å². The van der Waals surface area contributed by atoms with Crippen LogP contribution in [0.15, 0.2) is 0 Å². The largest absolute Gasteiger partial charge is 0.352 e. The van der Waals surface area contributed by atoms with Gasteiger partial charge in [0.25, 0.3) is 0 Å². The van der Waals surface area contributed by atoms with Gasteiger partial charge in [-0.3, -0.25) is 4.79 Å². The first kappa shape index (κ1) is 16.4. The van der Waals surface area contributed by atoms with Gasteiger partial charge in [0, 0.05) is 19.1 Å². The summed E-state index contributed by atoms with van der Waals surface area (Å²) < 4.78 is 0. The Morgan fingerprint density at radius 1 is 1.37 bits per heavy atom. The summed E-state index contributed by atoms with van der Waals surface area (Å²) in [6, 6.07) is 0.224. The molecule has 2 N–H and O–H groups in total. The minimum Gasteiger partial charge on any atom is -0.352 e. The smallest absolute Gasteiger partial charge is 0.227 e. The number of nitrogens with one attached hydrogen (secondary N) is 2. The number of carbonyl (C=O) groups excluding carboxylic acids is 1. The van der Waals surface area contributed by atoms with Crippen LogP contribution in [0.25, 0.3) is 0 Å². The van der Waals surface area contributed by atoms with E-state index in [0.29, 0.717) is 0 Å². The Hall–Kier alpha value is -0.610. The maximum atomic E-state index is 12.6. The van der Waals surface area contributed by atoms with E-state index in [4.69, 9.17) is 0 Å². The molecule has 1 amide bonds. The standard InChI is InChI=1S/C15H31N3O/c1-5-8-15(9-10-16-12-15)14(19)17-13(4)11-18(6-2)7-3/h13,16H,5-12H2,1-4H3,(H,17,19). The van der Waals surface area contributed by atoms with E-state index in [9.17, 15) is 4.79 Å². The fourth-order valence-corrected chi connectivity index (χ4v) is 3.03. The maximum absolute atomic E-state index is 12.6. The van der Waals surface area contributed by atoms with Gasteiger partial charge < -0.3 is 15.5 Å². The molecule has 112 valence electrons. The van der Waals surface area contributed by atoms with E-state index in [-0.39, 0.29) is 17.4 Å². The Balaban J connectivity index is 2.52. The zero-order valence-electron chi connectivity index (χ0n) is 13.1. The summed E-state index contributed by atoms with van der Waals surface area (Å²) in [5.74, 6) is 0.249. The van der Waals surface area contributed by atoms with Gasteiger partial charge in [0.05, 0.1) is 5.41 Å². The highest BCUT2D eigenvalue weighted by atomic mass is 16.2. The van der Waals surface area contributed by atoms with Gasteiger partial charge in [-0.1, -0.05) is 27.2 Å². The molecule has 2 unspecified atom stereocenters. The minimum absolute atomic E-state index is 0.160. The van der Waals surface area contributed by atoms with E-state index < -0.39 is 0 Å². The van der Waals surface area contributed by atoms with Crippen molar-refractivity contribution in [3.63, 3.8) is 0 Å². The monoisotopic (exact) mass is 269 g/mol. The summed E-state index contributed by atoms with van der Waals surface area (Å²) in [5, 5.41) is 6.57. The third kappa shape index (κ3) is 4.46. The van der Waals surface area contributed by atoms with Crippen LogP contribution >= 0.6 is 0 Å². The molecule has 4 heteroatoms. The van der Waals surface area contributed by atoms with Crippen LogP contribution in [0.1, 0.15) is 47.0 Å². The normalized spacial score (nSPS) is 24.7. The van der Waals surface area contributed by atoms with Crippen molar-refractivity contribution in [2.45, 2.75) is 53.0 Å². The number of amides is 1. The second-order valence-corrected chi connectivity index (χ2v) is 5.82. The van der Waals surface area contributed by atoms with E-state index in [1.807, 2.05) is 0 Å². The van der Waals surface area contributed by atoms with Crippen LogP contribution in [0.2, 0.25) is 0 Å². The quantitative estimate of drug-likeness (QED) is 0.704. The van der Waals surface area contributed by atoms with Gasteiger partial charge in [-0.05, 0) is 39.4 Å². The number of rotatable bonds is 8. The van der Waals surface area contributed by atoms with Crippen LogP contribution in [0, 0.1) is 5.41 Å². The van der Waals surface area contributed by atoms with Gasteiger partial charge in [-0.25, -0.2) is 0 Å². The highest BCUT2D eigenvalue weighted by Gasteiger charge is 2.40. The molecule has 2 atom stereocenters. The molecule has 19 heavy (non-hydrogen) atoms. The van der Waals surface area contributed by atoms with Crippen LogP contribution in [-0.2, 0) is 4.79 Å². The minimum atomic E-state index is -0.160. The summed E-state index contributed by atoms with van der Waals surface area (Å²) in [6.45, 7) is 13.4. The molecule has 0 aromatic rings. The Bertz CT molecular complexity index is 271. The molecule has 0 bridgehead atoms. The SMILES string of the molecule is CCCC1(C(=O)NC(C)CN(CC)CC)CCNC1. The van der Waals surface area contributed by atoms with Gasteiger partial charge >= 0.3 is 0 Å². The van der Waals surface area contributed by atoms with Crippen LogP contribution < -0.4 is 10.6 Å². The summed E-state index contributed by atoms with van der Waals surface area (Å²) >= 11 is 0. The first-order valence-electron chi connectivity index (χ1n) is 7.82. The predicted molar refractivity (Wildman–Crippen MR) is 80.2 cm³/mol. The number of hydrogen-bond donors (Lipinski definition) is 2. The average molecular weight is 269 g/mol.